The van der Waals surface area contributed by atoms with Crippen LogP contribution in [-0.4, -0.2) is 22.3 Å². The summed E-state index contributed by atoms with van der Waals surface area (Å²) < 4.78 is 95.6. The molecule has 0 aromatic heterocycles. The van der Waals surface area contributed by atoms with E-state index in [0.717, 1.165) is 11.6 Å². The Morgan fingerprint density at radius 1 is 0.806 bits per heavy atom. The third-order valence-electron chi connectivity index (χ3n) is 4.08. The maximum atomic E-state index is 13.0. The lowest BCUT2D eigenvalue weighted by Gasteiger charge is -2.16. The molecule has 0 spiro atoms. The Hall–Kier alpha value is -3.05. The third-order valence-corrected chi connectivity index (χ3v) is 6.95. The van der Waals surface area contributed by atoms with Crippen LogP contribution in [0.1, 0.15) is 5.56 Å². The first-order valence-corrected chi connectivity index (χ1v) is 11.6. The van der Waals surface area contributed by atoms with Crippen molar-refractivity contribution in [3.05, 3.63) is 78.4 Å². The highest BCUT2D eigenvalue weighted by atomic mass is 32.2. The van der Waals surface area contributed by atoms with Crippen molar-refractivity contribution in [2.24, 2.45) is 0 Å². The second-order valence-corrected chi connectivity index (χ2v) is 10.1. The molecule has 0 fully saturated rings. The summed E-state index contributed by atoms with van der Waals surface area (Å²) in [7, 11) is -9.78. The van der Waals surface area contributed by atoms with Gasteiger partial charge in [0.15, 0.2) is 5.75 Å². The molecule has 0 saturated carbocycles. The van der Waals surface area contributed by atoms with Crippen LogP contribution in [0, 0.1) is 6.92 Å². The molecule has 0 amide bonds. The van der Waals surface area contributed by atoms with Crippen molar-refractivity contribution in [1.29, 1.82) is 0 Å². The molecule has 1 N–H and O–H groups in total. The number of benzene rings is 3. The van der Waals surface area contributed by atoms with Gasteiger partial charge in [0.05, 0.1) is 15.5 Å². The van der Waals surface area contributed by atoms with Gasteiger partial charge in [-0.3, -0.25) is 4.72 Å². The molecule has 11 heteroatoms. The number of sulfonamides is 1. The number of hydrogen-bond donors (Lipinski definition) is 1. The standard InChI is InChI=1S/C20H16F3NO5S2/c1-14-6-5-7-15(12-14)29-19-13-17(30(25,26)20(21,22)23)10-11-18(19)24-31(27,28)16-8-3-2-4-9-16/h2-13,24H,1H3. The third kappa shape index (κ3) is 5.00. The zero-order valence-electron chi connectivity index (χ0n) is 15.9. The Bertz CT molecular complexity index is 1310. The van der Waals surface area contributed by atoms with Crippen molar-refractivity contribution >= 4 is 25.5 Å². The van der Waals surface area contributed by atoms with Crippen LogP contribution in [0.15, 0.2) is 82.6 Å². The van der Waals surface area contributed by atoms with Gasteiger partial charge >= 0.3 is 5.51 Å². The highest BCUT2D eigenvalue weighted by Crippen LogP contribution is 2.37. The number of halogens is 3. The van der Waals surface area contributed by atoms with Gasteiger partial charge < -0.3 is 4.74 Å². The summed E-state index contributed by atoms with van der Waals surface area (Å²) >= 11 is 0. The minimum atomic E-state index is -5.67. The molecular weight excluding hydrogens is 455 g/mol. The first-order chi connectivity index (χ1) is 14.4. The van der Waals surface area contributed by atoms with Crippen LogP contribution in [0.2, 0.25) is 0 Å². The van der Waals surface area contributed by atoms with E-state index in [9.17, 15) is 30.0 Å². The fraction of sp³-hybridized carbons (Fsp3) is 0.100. The highest BCUT2D eigenvalue weighted by molar-refractivity contribution is 7.93. The predicted octanol–water partition coefficient (Wildman–Crippen LogP) is 4.88. The van der Waals surface area contributed by atoms with E-state index in [1.807, 2.05) is 0 Å². The Kier molecular flexibility index (Phi) is 6.01. The summed E-state index contributed by atoms with van der Waals surface area (Å²) in [6.45, 7) is 1.75. The molecule has 0 aliphatic heterocycles. The van der Waals surface area contributed by atoms with Gasteiger partial charge in [0.2, 0.25) is 0 Å². The number of rotatable bonds is 6. The molecule has 6 nitrogen and oxygen atoms in total. The van der Waals surface area contributed by atoms with Gasteiger partial charge in [-0.1, -0.05) is 30.3 Å². The first kappa shape index (κ1) is 22.6. The molecule has 3 aromatic carbocycles. The Labute approximate surface area is 177 Å². The van der Waals surface area contributed by atoms with E-state index in [1.165, 1.54) is 30.3 Å². The minimum Gasteiger partial charge on any atom is -0.455 e. The smallest absolute Gasteiger partial charge is 0.455 e. The first-order valence-electron chi connectivity index (χ1n) is 8.68. The summed E-state index contributed by atoms with van der Waals surface area (Å²) in [5.41, 5.74) is -4.99. The van der Waals surface area contributed by atoms with Crippen molar-refractivity contribution in [2.45, 2.75) is 22.2 Å². The average molecular weight is 471 g/mol. The van der Waals surface area contributed by atoms with Crippen LogP contribution in [0.5, 0.6) is 11.5 Å². The van der Waals surface area contributed by atoms with Gasteiger partial charge in [-0.2, -0.15) is 13.2 Å². The van der Waals surface area contributed by atoms with Crippen LogP contribution in [0.3, 0.4) is 0 Å². The number of aryl methyl sites for hydroxylation is 1. The van der Waals surface area contributed by atoms with Gasteiger partial charge in [-0.05, 0) is 48.9 Å². The van der Waals surface area contributed by atoms with Gasteiger partial charge in [-0.15, -0.1) is 0 Å². The molecule has 0 bridgehead atoms. The fourth-order valence-electron chi connectivity index (χ4n) is 2.58. The predicted molar refractivity (Wildman–Crippen MR) is 108 cm³/mol. The second kappa shape index (κ2) is 8.23. The van der Waals surface area contributed by atoms with E-state index in [2.05, 4.69) is 4.72 Å². The summed E-state index contributed by atoms with van der Waals surface area (Å²) in [5, 5.41) is 0. The molecule has 31 heavy (non-hydrogen) atoms. The number of anilines is 1. The maximum Gasteiger partial charge on any atom is 0.501 e. The summed E-state index contributed by atoms with van der Waals surface area (Å²) in [4.78, 5) is -1.17. The molecule has 0 aliphatic rings. The number of hydrogen-bond acceptors (Lipinski definition) is 5. The molecule has 0 heterocycles. The zero-order valence-corrected chi connectivity index (χ0v) is 17.6. The largest absolute Gasteiger partial charge is 0.501 e. The molecule has 0 atom stereocenters. The minimum absolute atomic E-state index is 0.0940. The van der Waals surface area contributed by atoms with Gasteiger partial charge in [0.25, 0.3) is 19.9 Å². The van der Waals surface area contributed by atoms with Crippen LogP contribution in [0.25, 0.3) is 0 Å². The Morgan fingerprint density at radius 3 is 2.10 bits per heavy atom. The van der Waals surface area contributed by atoms with Gasteiger partial charge in [-0.25, -0.2) is 16.8 Å². The van der Waals surface area contributed by atoms with Crippen LogP contribution in [0.4, 0.5) is 18.9 Å². The fourth-order valence-corrected chi connectivity index (χ4v) is 4.45. The molecule has 3 rings (SSSR count). The molecule has 0 radical (unpaired) electrons. The molecular formula is C20H16F3NO5S2. The van der Waals surface area contributed by atoms with E-state index in [1.54, 1.807) is 31.2 Å². The lowest BCUT2D eigenvalue weighted by atomic mass is 10.2. The zero-order chi connectivity index (χ0) is 22.9. The molecule has 0 aliphatic carbocycles. The summed E-state index contributed by atoms with van der Waals surface area (Å²) in [6, 6.07) is 15.9. The summed E-state index contributed by atoms with van der Waals surface area (Å²) in [5.74, 6) is -0.225. The monoisotopic (exact) mass is 471 g/mol. The molecule has 0 unspecified atom stereocenters. The maximum absolute atomic E-state index is 13.0. The molecule has 164 valence electrons. The lowest BCUT2D eigenvalue weighted by Crippen LogP contribution is -2.23. The number of sulfone groups is 1. The van der Waals surface area contributed by atoms with Crippen molar-refractivity contribution < 1.29 is 34.7 Å². The Morgan fingerprint density at radius 2 is 1.48 bits per heavy atom. The van der Waals surface area contributed by atoms with Crippen LogP contribution >= 0.6 is 0 Å². The van der Waals surface area contributed by atoms with Gasteiger partial charge in [0, 0.05) is 6.07 Å². The molecule has 3 aromatic rings. The lowest BCUT2D eigenvalue weighted by molar-refractivity contribution is -0.0436. The average Bonchev–Trinajstić information content (AvgIpc) is 2.69. The van der Waals surface area contributed by atoms with Crippen molar-refractivity contribution in [2.75, 3.05) is 4.72 Å². The normalized spacial score (nSPS) is 12.4. The van der Waals surface area contributed by atoms with E-state index in [0.29, 0.717) is 12.1 Å². The number of ether oxygens (including phenoxy) is 1. The van der Waals surface area contributed by atoms with E-state index >= 15 is 0 Å². The van der Waals surface area contributed by atoms with Gasteiger partial charge in [0.1, 0.15) is 5.75 Å². The quantitative estimate of drug-likeness (QED) is 0.553. The number of alkyl halides is 3. The molecule has 0 saturated heterocycles. The van der Waals surface area contributed by atoms with Crippen molar-refractivity contribution in [3.63, 3.8) is 0 Å². The van der Waals surface area contributed by atoms with E-state index in [-0.39, 0.29) is 16.3 Å². The number of nitrogens with one attached hydrogen (secondary N) is 1. The topological polar surface area (TPSA) is 89.5 Å². The van der Waals surface area contributed by atoms with E-state index < -0.39 is 36.0 Å². The Balaban J connectivity index is 2.10. The second-order valence-electron chi connectivity index (χ2n) is 6.44. The van der Waals surface area contributed by atoms with Crippen LogP contribution in [-0.2, 0) is 19.9 Å². The highest BCUT2D eigenvalue weighted by Gasteiger charge is 2.47. The van der Waals surface area contributed by atoms with Crippen molar-refractivity contribution in [1.82, 2.24) is 0 Å². The summed E-state index contributed by atoms with van der Waals surface area (Å²) in [6.07, 6.45) is 0. The van der Waals surface area contributed by atoms with E-state index in [4.69, 9.17) is 4.74 Å². The van der Waals surface area contributed by atoms with Crippen LogP contribution < -0.4 is 9.46 Å². The van der Waals surface area contributed by atoms with Crippen molar-refractivity contribution in [3.8, 4) is 11.5 Å². The SMILES string of the molecule is Cc1cccc(Oc2cc(S(=O)(=O)C(F)(F)F)ccc2NS(=O)(=O)c2ccccc2)c1.